The first-order valence-electron chi connectivity index (χ1n) is 7.05. The Morgan fingerprint density at radius 2 is 2.00 bits per heavy atom. The average Bonchev–Trinajstić information content (AvgIpc) is 2.28. The first kappa shape index (κ1) is 13.7. The smallest absolute Gasteiger partial charge is 0.410 e. The van der Waals surface area contributed by atoms with Gasteiger partial charge in [0, 0.05) is 12.6 Å². The van der Waals surface area contributed by atoms with Crippen molar-refractivity contribution < 1.29 is 9.53 Å². The molecule has 18 heavy (non-hydrogen) atoms. The van der Waals surface area contributed by atoms with Crippen LogP contribution in [0, 0.1) is 5.41 Å². The van der Waals surface area contributed by atoms with Crippen molar-refractivity contribution >= 4 is 6.09 Å². The molecule has 2 N–H and O–H groups in total. The normalized spacial score (nSPS) is 31.6. The lowest BCUT2D eigenvalue weighted by Crippen LogP contribution is -2.57. The van der Waals surface area contributed by atoms with Gasteiger partial charge in [0.2, 0.25) is 0 Å². The van der Waals surface area contributed by atoms with Gasteiger partial charge < -0.3 is 15.4 Å². The topological polar surface area (TPSA) is 55.6 Å². The van der Waals surface area contributed by atoms with Crippen LogP contribution in [0.3, 0.4) is 0 Å². The number of nitrogens with two attached hydrogens (primary N) is 1. The third-order valence-corrected chi connectivity index (χ3v) is 4.26. The summed E-state index contributed by atoms with van der Waals surface area (Å²) in [5.41, 5.74) is 5.58. The molecule has 3 rings (SSSR count). The second-order valence-electron chi connectivity index (χ2n) is 6.88. The maximum absolute atomic E-state index is 12.2. The number of carbonyl (C=O) groups is 1. The summed E-state index contributed by atoms with van der Waals surface area (Å²) >= 11 is 0. The molecule has 2 heterocycles. The van der Waals surface area contributed by atoms with Crippen LogP contribution in [0.15, 0.2) is 0 Å². The summed E-state index contributed by atoms with van der Waals surface area (Å²) in [6.07, 6.45) is 5.54. The fourth-order valence-corrected chi connectivity index (χ4v) is 3.34. The minimum absolute atomic E-state index is 0.145. The number of rotatable bonds is 2. The molecule has 3 fully saturated rings. The lowest BCUT2D eigenvalue weighted by Gasteiger charge is -2.52. The second-order valence-corrected chi connectivity index (χ2v) is 6.88. The van der Waals surface area contributed by atoms with Crippen LogP contribution in [0.4, 0.5) is 4.79 Å². The number of ether oxygens (including phenoxy) is 1. The van der Waals surface area contributed by atoms with Crippen molar-refractivity contribution in [3.8, 4) is 0 Å². The van der Waals surface area contributed by atoms with E-state index < -0.39 is 5.60 Å². The predicted molar refractivity (Wildman–Crippen MR) is 71.3 cm³/mol. The van der Waals surface area contributed by atoms with E-state index in [1.807, 2.05) is 25.7 Å². The van der Waals surface area contributed by atoms with E-state index in [2.05, 4.69) is 0 Å². The van der Waals surface area contributed by atoms with Gasteiger partial charge in [-0.3, -0.25) is 0 Å². The molecule has 1 saturated carbocycles. The highest BCUT2D eigenvalue weighted by Crippen LogP contribution is 2.46. The maximum atomic E-state index is 12.2. The summed E-state index contributed by atoms with van der Waals surface area (Å²) < 4.78 is 5.51. The van der Waals surface area contributed by atoms with Gasteiger partial charge >= 0.3 is 6.09 Å². The Labute approximate surface area is 110 Å². The Hall–Kier alpha value is -0.770. The fraction of sp³-hybridized carbons (Fsp3) is 0.929. The van der Waals surface area contributed by atoms with Crippen molar-refractivity contribution in [2.24, 2.45) is 11.1 Å². The zero-order valence-corrected chi connectivity index (χ0v) is 11.9. The van der Waals surface area contributed by atoms with Crippen LogP contribution in [-0.2, 0) is 4.74 Å². The van der Waals surface area contributed by atoms with Gasteiger partial charge in [0.1, 0.15) is 5.60 Å². The first-order chi connectivity index (χ1) is 8.35. The largest absolute Gasteiger partial charge is 0.444 e. The summed E-state index contributed by atoms with van der Waals surface area (Å²) in [4.78, 5) is 14.2. The van der Waals surface area contributed by atoms with Gasteiger partial charge in [0.15, 0.2) is 0 Å². The molecule has 3 aliphatic rings. The van der Waals surface area contributed by atoms with Crippen LogP contribution in [-0.4, -0.2) is 35.7 Å². The fourth-order valence-electron chi connectivity index (χ4n) is 3.34. The Bertz CT molecular complexity index is 309. The standard InChI is InChI=1S/C14H26N2O2/c1-13(2,3)18-12(17)16-10-14(8-9-15)6-4-11(16)5-7-14/h11H,4-10,15H2,1-3H3. The van der Waals surface area contributed by atoms with Gasteiger partial charge in [0.05, 0.1) is 0 Å². The molecular formula is C14H26N2O2. The van der Waals surface area contributed by atoms with E-state index in [9.17, 15) is 4.79 Å². The minimum Gasteiger partial charge on any atom is -0.444 e. The quantitative estimate of drug-likeness (QED) is 0.823. The molecule has 0 spiro atoms. The SMILES string of the molecule is CC(C)(C)OC(=O)N1CC2(CCN)CCC1CC2. The number of piperidine rings is 2. The summed E-state index contributed by atoms with van der Waals surface area (Å²) in [6.45, 7) is 7.31. The first-order valence-corrected chi connectivity index (χ1v) is 7.05. The Kier molecular flexibility index (Phi) is 3.58. The molecule has 1 aliphatic carbocycles. The number of amides is 1. The Morgan fingerprint density at radius 1 is 1.39 bits per heavy atom. The van der Waals surface area contributed by atoms with Crippen LogP contribution < -0.4 is 5.73 Å². The zero-order valence-electron chi connectivity index (χ0n) is 11.9. The van der Waals surface area contributed by atoms with Crippen LogP contribution >= 0.6 is 0 Å². The predicted octanol–water partition coefficient (Wildman–Crippen LogP) is 2.51. The van der Waals surface area contributed by atoms with Gasteiger partial charge in [-0.2, -0.15) is 0 Å². The van der Waals surface area contributed by atoms with Crippen molar-refractivity contribution in [2.45, 2.75) is 64.5 Å². The lowest BCUT2D eigenvalue weighted by atomic mass is 9.66. The van der Waals surface area contributed by atoms with E-state index in [1.165, 1.54) is 12.8 Å². The van der Waals surface area contributed by atoms with Gasteiger partial charge in [-0.1, -0.05) is 0 Å². The maximum Gasteiger partial charge on any atom is 0.410 e. The highest BCUT2D eigenvalue weighted by molar-refractivity contribution is 5.69. The number of hydrogen-bond acceptors (Lipinski definition) is 3. The van der Waals surface area contributed by atoms with Crippen molar-refractivity contribution in [3.63, 3.8) is 0 Å². The Balaban J connectivity index is 2.04. The Morgan fingerprint density at radius 3 is 2.50 bits per heavy atom. The highest BCUT2D eigenvalue weighted by Gasteiger charge is 2.46. The van der Waals surface area contributed by atoms with E-state index in [0.29, 0.717) is 12.6 Å². The molecule has 2 saturated heterocycles. The molecule has 104 valence electrons. The molecule has 0 aromatic carbocycles. The third-order valence-electron chi connectivity index (χ3n) is 4.26. The van der Waals surface area contributed by atoms with Gasteiger partial charge in [-0.25, -0.2) is 4.79 Å². The molecule has 0 unspecified atom stereocenters. The second kappa shape index (κ2) is 4.72. The van der Waals surface area contributed by atoms with Crippen LogP contribution in [0.25, 0.3) is 0 Å². The zero-order chi connectivity index (χ0) is 13.4. The number of carbonyl (C=O) groups excluding carboxylic acids is 1. The van der Waals surface area contributed by atoms with E-state index >= 15 is 0 Å². The van der Waals surface area contributed by atoms with Crippen LogP contribution in [0.2, 0.25) is 0 Å². The summed E-state index contributed by atoms with van der Waals surface area (Å²) in [5.74, 6) is 0. The molecule has 4 heteroatoms. The van der Waals surface area contributed by atoms with E-state index in [-0.39, 0.29) is 11.5 Å². The van der Waals surface area contributed by atoms with Crippen molar-refractivity contribution in [1.82, 2.24) is 4.90 Å². The van der Waals surface area contributed by atoms with Gasteiger partial charge in [0.25, 0.3) is 0 Å². The van der Waals surface area contributed by atoms with Gasteiger partial charge in [-0.15, -0.1) is 0 Å². The van der Waals surface area contributed by atoms with E-state index in [4.69, 9.17) is 10.5 Å². The summed E-state index contributed by atoms with van der Waals surface area (Å²) in [7, 11) is 0. The molecule has 2 bridgehead atoms. The van der Waals surface area contributed by atoms with Crippen molar-refractivity contribution in [2.75, 3.05) is 13.1 Å². The molecule has 0 aromatic heterocycles. The van der Waals surface area contributed by atoms with Crippen molar-refractivity contribution in [1.29, 1.82) is 0 Å². The van der Waals surface area contributed by atoms with Crippen molar-refractivity contribution in [3.05, 3.63) is 0 Å². The minimum atomic E-state index is -0.408. The van der Waals surface area contributed by atoms with E-state index in [0.717, 1.165) is 25.8 Å². The van der Waals surface area contributed by atoms with E-state index in [1.54, 1.807) is 0 Å². The molecule has 1 amide bonds. The molecule has 0 radical (unpaired) electrons. The average molecular weight is 254 g/mol. The van der Waals surface area contributed by atoms with Crippen LogP contribution in [0.1, 0.15) is 52.9 Å². The monoisotopic (exact) mass is 254 g/mol. The van der Waals surface area contributed by atoms with Gasteiger partial charge in [-0.05, 0) is 64.8 Å². The summed E-state index contributed by atoms with van der Waals surface area (Å²) in [5, 5.41) is 0. The number of nitrogens with zero attached hydrogens (tertiary/aromatic N) is 1. The van der Waals surface area contributed by atoms with Crippen LogP contribution in [0.5, 0.6) is 0 Å². The molecular weight excluding hydrogens is 228 g/mol. The third kappa shape index (κ3) is 2.79. The molecule has 4 nitrogen and oxygen atoms in total. The number of hydrogen-bond donors (Lipinski definition) is 1. The molecule has 0 aromatic rings. The molecule has 0 atom stereocenters. The number of fused-ring (bicyclic) bond motifs is 3. The highest BCUT2D eigenvalue weighted by atomic mass is 16.6. The molecule has 2 aliphatic heterocycles. The summed E-state index contributed by atoms with van der Waals surface area (Å²) in [6, 6.07) is 0.388. The lowest BCUT2D eigenvalue weighted by molar-refractivity contribution is -0.0448.